The number of benzene rings is 10. The monoisotopic (exact) mass is 774 g/mol. The lowest BCUT2D eigenvalue weighted by Crippen LogP contribution is -1.94. The molecule has 0 unspecified atom stereocenters. The third-order valence-corrected chi connectivity index (χ3v) is 12.4. The predicted molar refractivity (Wildman–Crippen MR) is 258 cm³/mol. The highest BCUT2D eigenvalue weighted by Gasteiger charge is 2.18. The summed E-state index contributed by atoms with van der Waals surface area (Å²) in [5, 5.41) is 9.87. The van der Waals surface area contributed by atoms with Gasteiger partial charge in [-0.3, -0.25) is 0 Å². The molecule has 0 amide bonds. The number of hydrogen-bond donors (Lipinski definition) is 0. The second-order valence-electron chi connectivity index (χ2n) is 15.9. The van der Waals surface area contributed by atoms with Crippen LogP contribution in [0.3, 0.4) is 0 Å². The fraction of sp³-hybridized carbons (Fsp3) is 0. The summed E-state index contributed by atoms with van der Waals surface area (Å²) in [5.74, 6) is 0. The number of rotatable bonds is 6. The average molecular weight is 775 g/mol. The van der Waals surface area contributed by atoms with Gasteiger partial charge in [0.15, 0.2) is 0 Å². The van der Waals surface area contributed by atoms with E-state index in [1.807, 2.05) is 0 Å². The maximum Gasteiger partial charge on any atom is 0.0722 e. The molecule has 0 fully saturated rings. The summed E-state index contributed by atoms with van der Waals surface area (Å²) in [6, 6.07) is 83.5. The Morgan fingerprint density at radius 2 is 0.754 bits per heavy atom. The largest absolute Gasteiger partial charge is 0.309 e. The van der Waals surface area contributed by atoms with Crippen molar-refractivity contribution in [2.24, 2.45) is 0 Å². The predicted octanol–water partition coefficient (Wildman–Crippen LogP) is 16.0. The Labute approximate surface area is 354 Å². The van der Waals surface area contributed by atoms with E-state index in [0.717, 1.165) is 33.8 Å². The van der Waals surface area contributed by atoms with Gasteiger partial charge in [0.05, 0.1) is 22.4 Å². The minimum Gasteiger partial charge on any atom is -0.309 e. The van der Waals surface area contributed by atoms with Crippen LogP contribution in [-0.4, -0.2) is 9.55 Å². The van der Waals surface area contributed by atoms with E-state index >= 15 is 0 Å². The normalized spacial score (nSPS) is 11.6. The van der Waals surface area contributed by atoms with E-state index in [-0.39, 0.29) is 0 Å². The molecule has 10 aromatic carbocycles. The molecular weight excluding hydrogens is 737 g/mol. The highest BCUT2D eigenvalue weighted by Crippen LogP contribution is 2.43. The molecule has 0 radical (unpaired) electrons. The van der Waals surface area contributed by atoms with Gasteiger partial charge in [-0.05, 0) is 114 Å². The lowest BCUT2D eigenvalue weighted by molar-refractivity contribution is 1.18. The van der Waals surface area contributed by atoms with Gasteiger partial charge in [-0.15, -0.1) is 0 Å². The van der Waals surface area contributed by atoms with Crippen LogP contribution in [0.2, 0.25) is 0 Å². The lowest BCUT2D eigenvalue weighted by Gasteiger charge is -2.16. The number of nitrogens with zero attached hydrogens (tertiary/aromatic N) is 2. The second-order valence-corrected chi connectivity index (χ2v) is 15.9. The van der Waals surface area contributed by atoms with Gasteiger partial charge in [0.1, 0.15) is 0 Å². The van der Waals surface area contributed by atoms with Crippen molar-refractivity contribution >= 4 is 54.1 Å². The quantitative estimate of drug-likeness (QED) is 0.154. The van der Waals surface area contributed by atoms with Gasteiger partial charge in [-0.25, -0.2) is 4.98 Å². The molecule has 0 spiro atoms. The standard InChI is InChI=1S/C59H38N2/c1-4-15-39(16-5-1)41-27-31-46(32-28-41)61-57-26-13-12-23-49(57)54-36-44(30-34-58(54)61)43-29-33-51-53(35-43)48-22-11-10-21-47(48)50-24-14-25-52(59(50)51)56-38-45(40-17-6-2-7-18-40)37-55(60-56)42-19-8-3-9-20-42/h1-38H. The number of aromatic nitrogens is 2. The average Bonchev–Trinajstić information content (AvgIpc) is 3.68. The number of pyridine rings is 1. The minimum absolute atomic E-state index is 0.960. The summed E-state index contributed by atoms with van der Waals surface area (Å²) in [4.78, 5) is 5.40. The van der Waals surface area contributed by atoms with Gasteiger partial charge in [0.2, 0.25) is 0 Å². The lowest BCUT2D eigenvalue weighted by atomic mass is 9.88. The smallest absolute Gasteiger partial charge is 0.0722 e. The van der Waals surface area contributed by atoms with E-state index in [9.17, 15) is 0 Å². The van der Waals surface area contributed by atoms with Crippen LogP contribution < -0.4 is 0 Å². The van der Waals surface area contributed by atoms with Crippen LogP contribution in [0.15, 0.2) is 231 Å². The molecule has 61 heavy (non-hydrogen) atoms. The maximum atomic E-state index is 5.40. The Morgan fingerprint density at radius 1 is 0.262 bits per heavy atom. The Bertz CT molecular complexity index is 3550. The van der Waals surface area contributed by atoms with Gasteiger partial charge in [0.25, 0.3) is 0 Å². The van der Waals surface area contributed by atoms with Gasteiger partial charge in [0, 0.05) is 27.6 Å². The topological polar surface area (TPSA) is 17.8 Å². The summed E-state index contributed by atoms with van der Waals surface area (Å²) >= 11 is 0. The first-order valence-electron chi connectivity index (χ1n) is 21.0. The molecule has 284 valence electrons. The number of para-hydroxylation sites is 1. The molecule has 12 rings (SSSR count). The van der Waals surface area contributed by atoms with Gasteiger partial charge < -0.3 is 4.57 Å². The van der Waals surface area contributed by atoms with Gasteiger partial charge in [-0.1, -0.05) is 182 Å². The van der Waals surface area contributed by atoms with Crippen molar-refractivity contribution in [3.05, 3.63) is 231 Å². The van der Waals surface area contributed by atoms with Crippen molar-refractivity contribution in [1.82, 2.24) is 9.55 Å². The van der Waals surface area contributed by atoms with Crippen LogP contribution >= 0.6 is 0 Å². The SMILES string of the molecule is c1ccc(-c2ccc(-n3c4ccccc4c4cc(-c5ccc6c(c5)c5ccccc5c5cccc(-c7cc(-c8ccccc8)cc(-c8ccccc8)n7)c56)ccc43)cc2)cc1. The first-order chi connectivity index (χ1) is 30.2. The zero-order valence-corrected chi connectivity index (χ0v) is 33.3. The van der Waals surface area contributed by atoms with E-state index in [2.05, 4.69) is 235 Å². The van der Waals surface area contributed by atoms with E-state index in [1.54, 1.807) is 0 Å². The van der Waals surface area contributed by atoms with Crippen molar-refractivity contribution < 1.29 is 0 Å². The van der Waals surface area contributed by atoms with Crippen LogP contribution in [-0.2, 0) is 0 Å². The molecule has 0 atom stereocenters. The molecule has 0 aliphatic rings. The second kappa shape index (κ2) is 14.3. The maximum absolute atomic E-state index is 5.40. The zero-order chi connectivity index (χ0) is 40.3. The fourth-order valence-corrected chi connectivity index (χ4v) is 9.48. The molecule has 2 aromatic heterocycles. The highest BCUT2D eigenvalue weighted by atomic mass is 15.0. The Morgan fingerprint density at radius 3 is 1.48 bits per heavy atom. The molecular formula is C59H38N2. The molecule has 12 aromatic rings. The summed E-state index contributed by atoms with van der Waals surface area (Å²) in [5.41, 5.74) is 14.8. The molecule has 0 bridgehead atoms. The molecule has 0 saturated carbocycles. The van der Waals surface area contributed by atoms with Crippen LogP contribution in [0, 0.1) is 0 Å². The van der Waals surface area contributed by atoms with Crippen molar-refractivity contribution in [2.75, 3.05) is 0 Å². The van der Waals surface area contributed by atoms with Crippen molar-refractivity contribution in [1.29, 1.82) is 0 Å². The van der Waals surface area contributed by atoms with Crippen LogP contribution in [0.4, 0.5) is 0 Å². The summed E-state index contributed by atoms with van der Waals surface area (Å²) in [7, 11) is 0. The van der Waals surface area contributed by atoms with Crippen molar-refractivity contribution in [2.45, 2.75) is 0 Å². The molecule has 2 nitrogen and oxygen atoms in total. The Kier molecular flexibility index (Phi) is 8.21. The molecule has 2 heteroatoms. The van der Waals surface area contributed by atoms with Crippen molar-refractivity contribution in [3.8, 4) is 61.6 Å². The third kappa shape index (κ3) is 5.92. The van der Waals surface area contributed by atoms with E-state index in [4.69, 9.17) is 4.98 Å². The Balaban J connectivity index is 1.04. The highest BCUT2D eigenvalue weighted by molar-refractivity contribution is 6.29. The first-order valence-corrected chi connectivity index (χ1v) is 21.0. The van der Waals surface area contributed by atoms with E-state index in [1.165, 1.54) is 81.9 Å². The van der Waals surface area contributed by atoms with Crippen LogP contribution in [0.1, 0.15) is 0 Å². The fourth-order valence-electron chi connectivity index (χ4n) is 9.48. The van der Waals surface area contributed by atoms with E-state index < -0.39 is 0 Å². The van der Waals surface area contributed by atoms with Gasteiger partial charge >= 0.3 is 0 Å². The number of fused-ring (bicyclic) bond motifs is 9. The van der Waals surface area contributed by atoms with Crippen molar-refractivity contribution in [3.63, 3.8) is 0 Å². The zero-order valence-electron chi connectivity index (χ0n) is 33.3. The first kappa shape index (κ1) is 34.9. The summed E-state index contributed by atoms with van der Waals surface area (Å²) in [6.45, 7) is 0. The molecule has 0 saturated heterocycles. The summed E-state index contributed by atoms with van der Waals surface area (Å²) < 4.78 is 2.40. The minimum atomic E-state index is 0.960. The molecule has 2 heterocycles. The molecule has 0 aliphatic carbocycles. The van der Waals surface area contributed by atoms with Gasteiger partial charge in [-0.2, -0.15) is 0 Å². The summed E-state index contributed by atoms with van der Waals surface area (Å²) in [6.07, 6.45) is 0. The molecule has 0 aliphatic heterocycles. The molecule has 0 N–H and O–H groups in total. The third-order valence-electron chi connectivity index (χ3n) is 12.4. The van der Waals surface area contributed by atoms with E-state index in [0.29, 0.717) is 0 Å². The van der Waals surface area contributed by atoms with Crippen LogP contribution in [0.5, 0.6) is 0 Å². The Hall–Kier alpha value is -8.07. The number of hydrogen-bond acceptors (Lipinski definition) is 1. The van der Waals surface area contributed by atoms with Crippen LogP contribution in [0.25, 0.3) is 116 Å².